The van der Waals surface area contributed by atoms with Gasteiger partial charge in [-0.05, 0) is 42.0 Å². The minimum atomic E-state index is -0.0648. The average molecular weight is 404 g/mol. The van der Waals surface area contributed by atoms with E-state index in [9.17, 15) is 4.79 Å². The minimum Gasteiger partial charge on any atom is -0.322 e. The molecule has 4 rings (SSSR count). The van der Waals surface area contributed by atoms with Gasteiger partial charge in [0.15, 0.2) is 0 Å². The first-order valence-electron chi connectivity index (χ1n) is 9.48. The maximum atomic E-state index is 12.6. The number of nitriles is 1. The summed E-state index contributed by atoms with van der Waals surface area (Å²) in [7, 11) is 0. The Labute approximate surface area is 174 Å². The number of hydrogen-bond acceptors (Lipinski definition) is 5. The third-order valence-electron chi connectivity index (χ3n) is 4.96. The number of aromatic nitrogens is 1. The maximum absolute atomic E-state index is 12.6. The predicted molar refractivity (Wildman–Crippen MR) is 115 cm³/mol. The Hall–Kier alpha value is -3.21. The van der Waals surface area contributed by atoms with Crippen LogP contribution in [0.3, 0.4) is 0 Å². The lowest BCUT2D eigenvalue weighted by Gasteiger charge is -2.34. The van der Waals surface area contributed by atoms with Crippen molar-refractivity contribution < 1.29 is 4.79 Å². The lowest BCUT2D eigenvalue weighted by molar-refractivity contribution is 0.143. The van der Waals surface area contributed by atoms with Crippen LogP contribution >= 0.6 is 11.3 Å². The van der Waals surface area contributed by atoms with Gasteiger partial charge < -0.3 is 10.2 Å². The van der Waals surface area contributed by atoms with Gasteiger partial charge in [-0.2, -0.15) is 5.26 Å². The number of anilines is 1. The van der Waals surface area contributed by atoms with E-state index in [4.69, 9.17) is 5.26 Å². The lowest BCUT2D eigenvalue weighted by atomic mass is 10.1. The Morgan fingerprint density at radius 3 is 2.41 bits per heavy atom. The number of benzene rings is 2. The van der Waals surface area contributed by atoms with Gasteiger partial charge in [-0.15, -0.1) is 11.3 Å². The summed E-state index contributed by atoms with van der Waals surface area (Å²) in [4.78, 5) is 21.1. The van der Waals surface area contributed by atoms with Crippen LogP contribution in [0.1, 0.15) is 11.1 Å². The van der Waals surface area contributed by atoms with Crippen molar-refractivity contribution in [1.82, 2.24) is 14.8 Å². The SMILES string of the molecule is N#Cc1ccc(CN2CCN(C(=O)Nc3ccc(-c4nccs4)cc3)CC2)cc1. The fraction of sp³-hybridized carbons (Fsp3) is 0.227. The van der Waals surface area contributed by atoms with Gasteiger partial charge in [0.25, 0.3) is 0 Å². The summed E-state index contributed by atoms with van der Waals surface area (Å²) in [6, 6.07) is 17.5. The molecule has 1 aliphatic heterocycles. The van der Waals surface area contributed by atoms with Crippen LogP contribution in [0.5, 0.6) is 0 Å². The van der Waals surface area contributed by atoms with Crippen LogP contribution in [-0.4, -0.2) is 47.0 Å². The number of nitrogens with zero attached hydrogens (tertiary/aromatic N) is 4. The molecule has 2 amide bonds. The Morgan fingerprint density at radius 1 is 1.07 bits per heavy atom. The highest BCUT2D eigenvalue weighted by atomic mass is 32.1. The predicted octanol–water partition coefficient (Wildman–Crippen LogP) is 4.03. The van der Waals surface area contributed by atoms with Crippen LogP contribution < -0.4 is 5.32 Å². The summed E-state index contributed by atoms with van der Waals surface area (Å²) >= 11 is 1.60. The zero-order valence-corrected chi connectivity index (χ0v) is 16.7. The van der Waals surface area contributed by atoms with Gasteiger partial charge >= 0.3 is 6.03 Å². The Bertz CT molecular complexity index is 985. The summed E-state index contributed by atoms with van der Waals surface area (Å²) in [5.74, 6) is 0. The summed E-state index contributed by atoms with van der Waals surface area (Å²) in [5, 5.41) is 14.8. The molecule has 7 heteroatoms. The van der Waals surface area contributed by atoms with Crippen molar-refractivity contribution in [2.24, 2.45) is 0 Å². The first-order valence-corrected chi connectivity index (χ1v) is 10.4. The van der Waals surface area contributed by atoms with Crippen molar-refractivity contribution in [1.29, 1.82) is 5.26 Å². The van der Waals surface area contributed by atoms with Crippen LogP contribution in [0.25, 0.3) is 10.6 Å². The molecule has 0 spiro atoms. The number of piperazine rings is 1. The van der Waals surface area contributed by atoms with E-state index in [1.54, 1.807) is 17.5 Å². The number of rotatable bonds is 4. The van der Waals surface area contributed by atoms with Crippen LogP contribution in [0.4, 0.5) is 10.5 Å². The Kier molecular flexibility index (Phi) is 5.84. The van der Waals surface area contributed by atoms with E-state index in [2.05, 4.69) is 21.3 Å². The van der Waals surface area contributed by atoms with Gasteiger partial charge in [0.2, 0.25) is 0 Å². The van der Waals surface area contributed by atoms with Crippen molar-refractivity contribution in [3.05, 3.63) is 71.2 Å². The van der Waals surface area contributed by atoms with Crippen molar-refractivity contribution in [3.63, 3.8) is 0 Å². The quantitative estimate of drug-likeness (QED) is 0.714. The minimum absolute atomic E-state index is 0.0648. The molecule has 0 aliphatic carbocycles. The normalized spacial score (nSPS) is 14.4. The molecule has 1 fully saturated rings. The molecule has 29 heavy (non-hydrogen) atoms. The summed E-state index contributed by atoms with van der Waals surface area (Å²) < 4.78 is 0. The molecule has 1 aliphatic rings. The third-order valence-corrected chi connectivity index (χ3v) is 5.79. The lowest BCUT2D eigenvalue weighted by Crippen LogP contribution is -2.49. The van der Waals surface area contributed by atoms with E-state index in [0.29, 0.717) is 18.7 Å². The van der Waals surface area contributed by atoms with Crippen molar-refractivity contribution in [2.75, 3.05) is 31.5 Å². The molecule has 1 N–H and O–H groups in total. The second kappa shape index (κ2) is 8.86. The second-order valence-electron chi connectivity index (χ2n) is 6.92. The second-order valence-corrected chi connectivity index (χ2v) is 7.81. The third kappa shape index (κ3) is 4.80. The Balaban J connectivity index is 1.27. The number of hydrogen-bond donors (Lipinski definition) is 1. The zero-order chi connectivity index (χ0) is 20.1. The monoisotopic (exact) mass is 403 g/mol. The highest BCUT2D eigenvalue weighted by molar-refractivity contribution is 7.13. The Morgan fingerprint density at radius 2 is 1.79 bits per heavy atom. The highest BCUT2D eigenvalue weighted by Gasteiger charge is 2.21. The summed E-state index contributed by atoms with van der Waals surface area (Å²) in [5.41, 5.74) is 3.70. The number of amides is 2. The molecule has 3 aromatic rings. The van der Waals surface area contributed by atoms with Gasteiger partial charge in [-0.25, -0.2) is 9.78 Å². The van der Waals surface area contributed by atoms with Gasteiger partial charge in [-0.3, -0.25) is 4.90 Å². The number of carbonyl (C=O) groups is 1. The molecule has 2 aromatic carbocycles. The smallest absolute Gasteiger partial charge is 0.321 e. The van der Waals surface area contributed by atoms with E-state index in [1.807, 2.05) is 58.8 Å². The number of urea groups is 1. The number of carbonyl (C=O) groups excluding carboxylic acids is 1. The molecule has 146 valence electrons. The highest BCUT2D eigenvalue weighted by Crippen LogP contribution is 2.23. The van der Waals surface area contributed by atoms with Crippen LogP contribution in [0, 0.1) is 11.3 Å². The molecule has 0 bridgehead atoms. The van der Waals surface area contributed by atoms with E-state index in [1.165, 1.54) is 5.56 Å². The van der Waals surface area contributed by atoms with Crippen LogP contribution in [-0.2, 0) is 6.54 Å². The van der Waals surface area contributed by atoms with Crippen LogP contribution in [0.2, 0.25) is 0 Å². The maximum Gasteiger partial charge on any atom is 0.321 e. The summed E-state index contributed by atoms with van der Waals surface area (Å²) in [6.07, 6.45) is 1.79. The topological polar surface area (TPSA) is 72.3 Å². The zero-order valence-electron chi connectivity index (χ0n) is 15.9. The fourth-order valence-electron chi connectivity index (χ4n) is 3.32. The molecular weight excluding hydrogens is 382 g/mol. The molecule has 0 saturated carbocycles. The largest absolute Gasteiger partial charge is 0.322 e. The van der Waals surface area contributed by atoms with Gasteiger partial charge in [-0.1, -0.05) is 12.1 Å². The fourth-order valence-corrected chi connectivity index (χ4v) is 3.96. The molecule has 6 nitrogen and oxygen atoms in total. The van der Waals surface area contributed by atoms with E-state index < -0.39 is 0 Å². The molecule has 0 radical (unpaired) electrons. The molecule has 1 saturated heterocycles. The molecule has 1 aromatic heterocycles. The average Bonchev–Trinajstić information content (AvgIpc) is 3.30. The van der Waals surface area contributed by atoms with Crippen LogP contribution in [0.15, 0.2) is 60.1 Å². The van der Waals surface area contributed by atoms with E-state index in [-0.39, 0.29) is 6.03 Å². The standard InChI is InChI=1S/C22H21N5OS/c23-15-17-1-3-18(4-2-17)16-26-10-12-27(13-11-26)22(28)25-20-7-5-19(6-8-20)21-24-9-14-29-21/h1-9,14H,10-13,16H2,(H,25,28). The van der Waals surface area contributed by atoms with Gasteiger partial charge in [0.1, 0.15) is 5.01 Å². The molecule has 0 atom stereocenters. The summed E-state index contributed by atoms with van der Waals surface area (Å²) in [6.45, 7) is 3.88. The molecule has 0 unspecified atom stereocenters. The number of thiazole rings is 1. The number of nitrogens with one attached hydrogen (secondary N) is 1. The van der Waals surface area contributed by atoms with Crippen molar-refractivity contribution in [2.45, 2.75) is 6.54 Å². The van der Waals surface area contributed by atoms with E-state index in [0.717, 1.165) is 35.9 Å². The molecule has 2 heterocycles. The van der Waals surface area contributed by atoms with E-state index >= 15 is 0 Å². The van der Waals surface area contributed by atoms with Gasteiger partial charge in [0, 0.05) is 55.6 Å². The first-order chi connectivity index (χ1) is 14.2. The van der Waals surface area contributed by atoms with Crippen molar-refractivity contribution in [3.8, 4) is 16.6 Å². The molecular formula is C22H21N5OS. The van der Waals surface area contributed by atoms with Crippen molar-refractivity contribution >= 4 is 23.1 Å². The van der Waals surface area contributed by atoms with Gasteiger partial charge in [0.05, 0.1) is 11.6 Å². The first kappa shape index (κ1) is 19.1.